The first-order chi connectivity index (χ1) is 20.2. The van der Waals surface area contributed by atoms with E-state index < -0.39 is 48.1 Å². The lowest BCUT2D eigenvalue weighted by molar-refractivity contribution is -0.110. The van der Waals surface area contributed by atoms with Crippen LogP contribution in [0.2, 0.25) is 0 Å². The third-order valence-electron chi connectivity index (χ3n) is 7.04. The maximum absolute atomic E-state index is 14.7. The van der Waals surface area contributed by atoms with E-state index >= 15 is 0 Å². The van der Waals surface area contributed by atoms with E-state index in [1.165, 1.54) is 11.3 Å². The van der Waals surface area contributed by atoms with Crippen molar-refractivity contribution in [1.82, 2.24) is 19.7 Å². The summed E-state index contributed by atoms with van der Waals surface area (Å²) in [6, 6.07) is 2.70. The van der Waals surface area contributed by atoms with Crippen LogP contribution in [0.1, 0.15) is 78.0 Å². The standard InChI is InChI=1S/C27H23F6N5O3S/c1-2-7-40-15-9-16(28)24(17(29)10-15)22-12-18(36-41-22)20-13-42-27(34-20)14-3-4-37(5-6-39)23(8-14)38-21(26(32)33)11-19(35-38)25(30)31/h1,6,9-11,13-14,22-23,25-26H,3-5,7-8,12H2. The number of carbonyl (C=O) groups is 1. The van der Waals surface area contributed by atoms with Crippen LogP contribution in [0.25, 0.3) is 0 Å². The molecular formula is C27H23F6N5O3S. The van der Waals surface area contributed by atoms with Crippen molar-refractivity contribution < 1.29 is 40.7 Å². The number of oxime groups is 1. The predicted molar refractivity (Wildman–Crippen MR) is 139 cm³/mol. The van der Waals surface area contributed by atoms with Crippen molar-refractivity contribution in [3.05, 3.63) is 62.9 Å². The molecule has 0 N–H and O–H groups in total. The van der Waals surface area contributed by atoms with E-state index in [2.05, 4.69) is 21.2 Å². The van der Waals surface area contributed by atoms with Crippen LogP contribution in [0.15, 0.2) is 28.7 Å². The number of alkyl halides is 4. The van der Waals surface area contributed by atoms with Gasteiger partial charge in [-0.3, -0.25) is 4.90 Å². The molecule has 1 fully saturated rings. The van der Waals surface area contributed by atoms with Crippen LogP contribution in [-0.2, 0) is 9.63 Å². The highest BCUT2D eigenvalue weighted by Crippen LogP contribution is 2.41. The minimum absolute atomic E-state index is 0.0312. The van der Waals surface area contributed by atoms with E-state index in [1.807, 2.05) is 0 Å². The molecule has 0 saturated carbocycles. The van der Waals surface area contributed by atoms with E-state index in [0.717, 1.165) is 16.8 Å². The molecule has 4 heterocycles. The Morgan fingerprint density at radius 3 is 2.62 bits per heavy atom. The lowest BCUT2D eigenvalue weighted by Gasteiger charge is -2.38. The fraction of sp³-hybridized carbons (Fsp3) is 0.407. The van der Waals surface area contributed by atoms with Crippen molar-refractivity contribution in [3.63, 3.8) is 0 Å². The Morgan fingerprint density at radius 1 is 1.19 bits per heavy atom. The molecule has 2 aliphatic rings. The maximum atomic E-state index is 14.7. The Kier molecular flexibility index (Phi) is 8.83. The van der Waals surface area contributed by atoms with Gasteiger partial charge in [0, 0.05) is 36.4 Å². The molecule has 1 aromatic carbocycles. The summed E-state index contributed by atoms with van der Waals surface area (Å²) in [6.07, 6.45) is -1.56. The maximum Gasteiger partial charge on any atom is 0.282 e. The molecule has 3 unspecified atom stereocenters. The second kappa shape index (κ2) is 12.5. The average Bonchev–Trinajstić information content (AvgIpc) is 3.72. The van der Waals surface area contributed by atoms with Crippen molar-refractivity contribution in [1.29, 1.82) is 0 Å². The predicted octanol–water partition coefficient (Wildman–Crippen LogP) is 5.95. The summed E-state index contributed by atoms with van der Waals surface area (Å²) < 4.78 is 89.5. The van der Waals surface area contributed by atoms with Crippen molar-refractivity contribution in [2.45, 2.75) is 50.3 Å². The Morgan fingerprint density at radius 2 is 1.95 bits per heavy atom. The molecule has 15 heteroatoms. The van der Waals surface area contributed by atoms with Crippen LogP contribution >= 0.6 is 11.3 Å². The fourth-order valence-corrected chi connectivity index (χ4v) is 6.06. The van der Waals surface area contributed by atoms with Gasteiger partial charge in [0.05, 0.1) is 22.8 Å². The summed E-state index contributed by atoms with van der Waals surface area (Å²) in [5, 5.41) is 10.1. The van der Waals surface area contributed by atoms with Crippen LogP contribution < -0.4 is 4.74 Å². The number of nitrogens with zero attached hydrogens (tertiary/aromatic N) is 5. The van der Waals surface area contributed by atoms with Gasteiger partial charge in [-0.15, -0.1) is 17.8 Å². The molecule has 1 saturated heterocycles. The van der Waals surface area contributed by atoms with E-state index in [-0.39, 0.29) is 43.2 Å². The van der Waals surface area contributed by atoms with E-state index in [9.17, 15) is 31.1 Å². The molecule has 3 aromatic rings. The van der Waals surface area contributed by atoms with Crippen molar-refractivity contribution in [2.75, 3.05) is 19.7 Å². The van der Waals surface area contributed by atoms with Gasteiger partial charge in [0.1, 0.15) is 53.5 Å². The lowest BCUT2D eigenvalue weighted by Crippen LogP contribution is -2.41. The number of aromatic nitrogens is 3. The van der Waals surface area contributed by atoms with Gasteiger partial charge in [0.15, 0.2) is 6.10 Å². The summed E-state index contributed by atoms with van der Waals surface area (Å²) in [4.78, 5) is 22.8. The number of hydrogen-bond donors (Lipinski definition) is 0. The van der Waals surface area contributed by atoms with Gasteiger partial charge >= 0.3 is 0 Å². The zero-order valence-electron chi connectivity index (χ0n) is 21.7. The van der Waals surface area contributed by atoms with E-state index in [0.29, 0.717) is 41.7 Å². The quantitative estimate of drug-likeness (QED) is 0.160. The van der Waals surface area contributed by atoms with Crippen molar-refractivity contribution in [3.8, 4) is 18.1 Å². The van der Waals surface area contributed by atoms with Crippen molar-refractivity contribution >= 4 is 23.3 Å². The third-order valence-corrected chi connectivity index (χ3v) is 8.04. The molecule has 0 bridgehead atoms. The topological polar surface area (TPSA) is 81.8 Å². The Bertz CT molecular complexity index is 1500. The van der Waals surface area contributed by atoms with Gasteiger partial charge in [-0.2, -0.15) is 5.10 Å². The van der Waals surface area contributed by atoms with Crippen LogP contribution in [0.5, 0.6) is 5.75 Å². The SMILES string of the molecule is C#CCOc1cc(F)c(C2CC(c3csc(C4CCN(CC=O)C(n5nc(C(F)F)cc5C(F)F)C4)n3)=NO2)c(F)c1. The molecule has 8 nitrogen and oxygen atoms in total. The summed E-state index contributed by atoms with van der Waals surface area (Å²) in [5.41, 5.74) is -0.972. The number of likely N-dealkylation sites (tertiary alicyclic amines) is 1. The Labute approximate surface area is 239 Å². The number of terminal acetylenes is 1. The number of halogens is 6. The highest BCUT2D eigenvalue weighted by Gasteiger charge is 2.36. The molecule has 222 valence electrons. The van der Waals surface area contributed by atoms with E-state index in [1.54, 1.807) is 10.3 Å². The highest BCUT2D eigenvalue weighted by molar-refractivity contribution is 7.10. The summed E-state index contributed by atoms with van der Waals surface area (Å²) in [6.45, 7) is 0.0640. The molecule has 0 spiro atoms. The first kappa shape index (κ1) is 29.6. The van der Waals surface area contributed by atoms with Crippen LogP contribution in [0.3, 0.4) is 0 Å². The number of piperidine rings is 1. The number of carbonyl (C=O) groups excluding carboxylic acids is 1. The van der Waals surface area contributed by atoms with Gasteiger partial charge in [-0.05, 0) is 18.9 Å². The smallest absolute Gasteiger partial charge is 0.282 e. The minimum atomic E-state index is -3.05. The van der Waals surface area contributed by atoms with Gasteiger partial charge in [-0.25, -0.2) is 36.0 Å². The minimum Gasteiger partial charge on any atom is -0.481 e. The van der Waals surface area contributed by atoms with Gasteiger partial charge in [-0.1, -0.05) is 11.1 Å². The van der Waals surface area contributed by atoms with Gasteiger partial charge in [0.2, 0.25) is 0 Å². The van der Waals surface area contributed by atoms with Crippen LogP contribution in [0, 0.1) is 24.0 Å². The fourth-order valence-electron chi connectivity index (χ4n) is 5.08. The molecular weight excluding hydrogens is 588 g/mol. The van der Waals surface area contributed by atoms with Crippen LogP contribution in [-0.4, -0.2) is 51.4 Å². The third kappa shape index (κ3) is 6.00. The monoisotopic (exact) mass is 611 g/mol. The molecule has 2 aromatic heterocycles. The number of thiazole rings is 1. The van der Waals surface area contributed by atoms with Gasteiger partial charge in [0.25, 0.3) is 12.9 Å². The number of benzene rings is 1. The highest BCUT2D eigenvalue weighted by atomic mass is 32.1. The summed E-state index contributed by atoms with van der Waals surface area (Å²) >= 11 is 1.27. The van der Waals surface area contributed by atoms with Gasteiger partial charge < -0.3 is 14.4 Å². The second-order valence-electron chi connectivity index (χ2n) is 9.60. The number of rotatable bonds is 10. The zero-order valence-corrected chi connectivity index (χ0v) is 22.5. The normalized spacial score (nSPS) is 20.9. The number of ether oxygens (including phenoxy) is 1. The molecule has 42 heavy (non-hydrogen) atoms. The Balaban J connectivity index is 1.33. The first-order valence-corrected chi connectivity index (χ1v) is 13.6. The molecule has 0 amide bonds. The Hall–Kier alpha value is -3.90. The van der Waals surface area contributed by atoms with Crippen molar-refractivity contribution in [2.24, 2.45) is 5.16 Å². The molecule has 2 aliphatic heterocycles. The molecule has 0 aliphatic carbocycles. The lowest BCUT2D eigenvalue weighted by atomic mass is 9.94. The average molecular weight is 612 g/mol. The molecule has 3 atom stereocenters. The summed E-state index contributed by atoms with van der Waals surface area (Å²) in [5.74, 6) is 0.112. The summed E-state index contributed by atoms with van der Waals surface area (Å²) in [7, 11) is 0. The second-order valence-corrected chi connectivity index (χ2v) is 10.5. The number of hydrogen-bond acceptors (Lipinski definition) is 8. The molecule has 0 radical (unpaired) electrons. The molecule has 5 rings (SSSR count). The number of aldehydes is 1. The van der Waals surface area contributed by atoms with E-state index in [4.69, 9.17) is 16.0 Å². The first-order valence-electron chi connectivity index (χ1n) is 12.8. The van der Waals surface area contributed by atoms with Crippen LogP contribution in [0.4, 0.5) is 26.3 Å². The largest absolute Gasteiger partial charge is 0.481 e. The zero-order chi connectivity index (χ0) is 30.0.